The Morgan fingerprint density at radius 1 is 1.41 bits per heavy atom. The molecule has 0 aromatic carbocycles. The number of hydrogen-bond acceptors (Lipinski definition) is 3. The number of hydrogen-bond donors (Lipinski definition) is 2. The van der Waals surface area contributed by atoms with E-state index in [4.69, 9.17) is 9.84 Å². The van der Waals surface area contributed by atoms with Gasteiger partial charge in [0.15, 0.2) is 0 Å². The molecule has 2 N–H and O–H groups in total. The Morgan fingerprint density at radius 2 is 2.00 bits per heavy atom. The normalized spacial score (nSPS) is 19.9. The average molecular weight is 243 g/mol. The fraction of sp³-hybridized carbons (Fsp3) is 0.833. The van der Waals surface area contributed by atoms with Gasteiger partial charge in [-0.1, -0.05) is 19.8 Å². The van der Waals surface area contributed by atoms with Crippen molar-refractivity contribution in [1.29, 1.82) is 0 Å². The predicted octanol–water partition coefficient (Wildman–Crippen LogP) is 1.31. The van der Waals surface area contributed by atoms with Crippen molar-refractivity contribution in [3.63, 3.8) is 0 Å². The maximum atomic E-state index is 11.8. The van der Waals surface area contributed by atoms with Crippen LogP contribution >= 0.6 is 0 Å². The van der Waals surface area contributed by atoms with Gasteiger partial charge in [-0.25, -0.2) is 0 Å². The first kappa shape index (κ1) is 14.0. The van der Waals surface area contributed by atoms with Crippen molar-refractivity contribution in [3.05, 3.63) is 0 Å². The molecule has 1 unspecified atom stereocenters. The Balaban J connectivity index is 2.42. The van der Waals surface area contributed by atoms with E-state index in [1.165, 1.54) is 6.92 Å². The van der Waals surface area contributed by atoms with Crippen LogP contribution in [0.4, 0.5) is 0 Å². The molecule has 98 valence electrons. The smallest absolute Gasteiger partial charge is 0.325 e. The molecule has 1 aliphatic carbocycles. The number of nitrogens with one attached hydrogen (secondary N) is 1. The number of amides is 1. The van der Waals surface area contributed by atoms with Gasteiger partial charge in [0, 0.05) is 0 Å². The molecule has 0 saturated heterocycles. The molecule has 1 aliphatic rings. The van der Waals surface area contributed by atoms with E-state index in [0.717, 1.165) is 25.7 Å². The van der Waals surface area contributed by atoms with Crippen LogP contribution in [0.2, 0.25) is 0 Å². The summed E-state index contributed by atoms with van der Waals surface area (Å²) in [6, 6.07) is -0.872. The quantitative estimate of drug-likeness (QED) is 0.737. The van der Waals surface area contributed by atoms with Crippen LogP contribution in [0.1, 0.15) is 46.0 Å². The van der Waals surface area contributed by atoms with E-state index in [9.17, 15) is 9.59 Å². The van der Waals surface area contributed by atoms with Crippen LogP contribution in [0.5, 0.6) is 0 Å². The summed E-state index contributed by atoms with van der Waals surface area (Å²) < 4.78 is 5.70. The molecule has 0 spiro atoms. The molecular formula is C12H21NO4. The molecule has 5 heteroatoms. The summed E-state index contributed by atoms with van der Waals surface area (Å²) in [7, 11) is 0. The number of rotatable bonds is 6. The molecule has 5 nitrogen and oxygen atoms in total. The van der Waals surface area contributed by atoms with E-state index >= 15 is 0 Å². The largest absolute Gasteiger partial charge is 0.480 e. The van der Waals surface area contributed by atoms with Crippen molar-refractivity contribution in [2.45, 2.75) is 64.2 Å². The molecule has 0 aromatic rings. The van der Waals surface area contributed by atoms with Gasteiger partial charge in [0.1, 0.15) is 12.1 Å². The van der Waals surface area contributed by atoms with Crippen LogP contribution in [0.15, 0.2) is 0 Å². The molecule has 1 fully saturated rings. The lowest BCUT2D eigenvalue weighted by atomic mass is 10.2. The molecule has 0 bridgehead atoms. The third-order valence-electron chi connectivity index (χ3n) is 3.05. The topological polar surface area (TPSA) is 75.6 Å². The van der Waals surface area contributed by atoms with Gasteiger partial charge in [-0.05, 0) is 26.2 Å². The third kappa shape index (κ3) is 4.34. The fourth-order valence-corrected chi connectivity index (χ4v) is 1.97. The van der Waals surface area contributed by atoms with Gasteiger partial charge in [0.05, 0.1) is 6.10 Å². The van der Waals surface area contributed by atoms with Crippen LogP contribution in [-0.4, -0.2) is 35.2 Å². The third-order valence-corrected chi connectivity index (χ3v) is 3.05. The highest BCUT2D eigenvalue weighted by molar-refractivity contribution is 5.86. The Kier molecular flexibility index (Phi) is 5.41. The molecule has 0 heterocycles. The second kappa shape index (κ2) is 6.59. The molecule has 0 radical (unpaired) electrons. The van der Waals surface area contributed by atoms with E-state index in [2.05, 4.69) is 5.32 Å². The van der Waals surface area contributed by atoms with Crippen molar-refractivity contribution in [1.82, 2.24) is 5.32 Å². The predicted molar refractivity (Wildman–Crippen MR) is 62.7 cm³/mol. The zero-order chi connectivity index (χ0) is 12.8. The van der Waals surface area contributed by atoms with Crippen LogP contribution < -0.4 is 5.32 Å². The van der Waals surface area contributed by atoms with Gasteiger partial charge in [0.25, 0.3) is 0 Å². The summed E-state index contributed by atoms with van der Waals surface area (Å²) in [5.74, 6) is -1.36. The first-order chi connectivity index (χ1) is 8.04. The summed E-state index contributed by atoms with van der Waals surface area (Å²) >= 11 is 0. The van der Waals surface area contributed by atoms with Crippen molar-refractivity contribution in [3.8, 4) is 0 Å². The van der Waals surface area contributed by atoms with Crippen molar-refractivity contribution in [2.75, 3.05) is 0 Å². The summed E-state index contributed by atoms with van der Waals surface area (Å²) in [5, 5.41) is 11.2. The summed E-state index contributed by atoms with van der Waals surface area (Å²) in [5.41, 5.74) is 0. The van der Waals surface area contributed by atoms with E-state index in [-0.39, 0.29) is 12.0 Å². The lowest BCUT2D eigenvalue weighted by Crippen LogP contribution is -2.45. The maximum absolute atomic E-state index is 11.8. The SMILES string of the molecule is CCC(OC1CCCC1)C(=O)N[C@H](C)C(=O)O. The highest BCUT2D eigenvalue weighted by Crippen LogP contribution is 2.22. The fourth-order valence-electron chi connectivity index (χ4n) is 1.97. The number of ether oxygens (including phenoxy) is 1. The average Bonchev–Trinajstić information content (AvgIpc) is 2.78. The zero-order valence-electron chi connectivity index (χ0n) is 10.4. The Labute approximate surface area is 102 Å². The van der Waals surface area contributed by atoms with Crippen LogP contribution in [0.3, 0.4) is 0 Å². The molecule has 17 heavy (non-hydrogen) atoms. The molecule has 1 saturated carbocycles. The van der Waals surface area contributed by atoms with Crippen molar-refractivity contribution >= 4 is 11.9 Å². The molecule has 1 amide bonds. The van der Waals surface area contributed by atoms with Gasteiger partial charge in [-0.15, -0.1) is 0 Å². The summed E-state index contributed by atoms with van der Waals surface area (Å²) in [6.07, 6.45) is 4.49. The van der Waals surface area contributed by atoms with Crippen LogP contribution in [0.25, 0.3) is 0 Å². The summed E-state index contributed by atoms with van der Waals surface area (Å²) in [4.78, 5) is 22.4. The number of carboxylic acids is 1. The second-order valence-corrected chi connectivity index (χ2v) is 4.51. The van der Waals surface area contributed by atoms with Gasteiger partial charge in [-0.2, -0.15) is 0 Å². The van der Waals surface area contributed by atoms with Crippen molar-refractivity contribution in [2.24, 2.45) is 0 Å². The number of carbonyl (C=O) groups is 2. The van der Waals surface area contributed by atoms with E-state index in [0.29, 0.717) is 6.42 Å². The zero-order valence-corrected chi connectivity index (χ0v) is 10.4. The Hall–Kier alpha value is -1.10. The summed E-state index contributed by atoms with van der Waals surface area (Å²) in [6.45, 7) is 3.31. The van der Waals surface area contributed by atoms with E-state index in [1.54, 1.807) is 0 Å². The molecule has 0 aliphatic heterocycles. The Morgan fingerprint density at radius 3 is 2.47 bits per heavy atom. The minimum atomic E-state index is -1.03. The number of aliphatic carboxylic acids is 1. The second-order valence-electron chi connectivity index (χ2n) is 4.51. The van der Waals surface area contributed by atoms with Crippen LogP contribution in [-0.2, 0) is 14.3 Å². The monoisotopic (exact) mass is 243 g/mol. The first-order valence-corrected chi connectivity index (χ1v) is 6.23. The highest BCUT2D eigenvalue weighted by atomic mass is 16.5. The first-order valence-electron chi connectivity index (χ1n) is 6.23. The lowest BCUT2D eigenvalue weighted by molar-refractivity contribution is -0.145. The standard InChI is InChI=1S/C12H21NO4/c1-3-10(17-9-6-4-5-7-9)11(14)13-8(2)12(15)16/h8-10H,3-7H2,1-2H3,(H,13,14)(H,15,16)/t8-,10?/m1/s1. The molecule has 1 rings (SSSR count). The van der Waals surface area contributed by atoms with Gasteiger partial charge in [0.2, 0.25) is 5.91 Å². The number of carbonyl (C=O) groups excluding carboxylic acids is 1. The molecule has 2 atom stereocenters. The lowest BCUT2D eigenvalue weighted by Gasteiger charge is -2.21. The van der Waals surface area contributed by atoms with Crippen LogP contribution in [0, 0.1) is 0 Å². The van der Waals surface area contributed by atoms with Gasteiger partial charge < -0.3 is 15.2 Å². The molecule has 0 aromatic heterocycles. The van der Waals surface area contributed by atoms with Crippen molar-refractivity contribution < 1.29 is 19.4 Å². The number of carboxylic acid groups (broad SMARTS) is 1. The maximum Gasteiger partial charge on any atom is 0.325 e. The highest BCUT2D eigenvalue weighted by Gasteiger charge is 2.26. The minimum Gasteiger partial charge on any atom is -0.480 e. The van der Waals surface area contributed by atoms with E-state index in [1.807, 2.05) is 6.92 Å². The van der Waals surface area contributed by atoms with Gasteiger partial charge >= 0.3 is 5.97 Å². The van der Waals surface area contributed by atoms with E-state index < -0.39 is 18.1 Å². The molecular weight excluding hydrogens is 222 g/mol. The van der Waals surface area contributed by atoms with Gasteiger partial charge in [-0.3, -0.25) is 9.59 Å². The Bertz CT molecular complexity index is 274. The minimum absolute atomic E-state index is 0.158.